The summed E-state index contributed by atoms with van der Waals surface area (Å²) in [5.41, 5.74) is 13.3. The quantitative estimate of drug-likeness (QED) is 0.752. The lowest BCUT2D eigenvalue weighted by atomic mass is 10.1. The average Bonchev–Trinajstić information content (AvgIpc) is 2.86. The van der Waals surface area contributed by atoms with Gasteiger partial charge in [-0.3, -0.25) is 0 Å². The van der Waals surface area contributed by atoms with Crippen LogP contribution in [0.3, 0.4) is 0 Å². The van der Waals surface area contributed by atoms with Gasteiger partial charge in [0.05, 0.1) is 22.8 Å². The van der Waals surface area contributed by atoms with E-state index in [2.05, 4.69) is 15.1 Å². The molecule has 0 saturated carbocycles. The Balaban J connectivity index is 2.08. The normalized spacial score (nSPS) is 10.7. The van der Waals surface area contributed by atoms with E-state index >= 15 is 0 Å². The molecule has 0 fully saturated rings. The molecule has 3 aromatic rings. The van der Waals surface area contributed by atoms with Gasteiger partial charge < -0.3 is 16.2 Å². The highest BCUT2D eigenvalue weighted by Gasteiger charge is 2.14. The molecular formula is C14H12Cl2N6O. The summed E-state index contributed by atoms with van der Waals surface area (Å²) in [6.07, 6.45) is 1.63. The van der Waals surface area contributed by atoms with Crippen molar-refractivity contribution in [2.45, 2.75) is 0 Å². The fourth-order valence-electron chi connectivity index (χ4n) is 2.14. The van der Waals surface area contributed by atoms with Crippen LogP contribution in [0.4, 0.5) is 11.9 Å². The minimum Gasteiger partial charge on any atom is -0.481 e. The number of rotatable bonds is 3. The van der Waals surface area contributed by atoms with Crippen molar-refractivity contribution in [3.63, 3.8) is 0 Å². The van der Waals surface area contributed by atoms with Crippen LogP contribution in [-0.2, 0) is 0 Å². The largest absolute Gasteiger partial charge is 0.481 e. The predicted octanol–water partition coefficient (Wildman–Crippen LogP) is 2.81. The van der Waals surface area contributed by atoms with Gasteiger partial charge in [0.15, 0.2) is 0 Å². The summed E-state index contributed by atoms with van der Waals surface area (Å²) in [5.74, 6) is 0.718. The summed E-state index contributed by atoms with van der Waals surface area (Å²) >= 11 is 12.7. The summed E-state index contributed by atoms with van der Waals surface area (Å²) in [5, 5.41) is 4.85. The lowest BCUT2D eigenvalue weighted by molar-refractivity contribution is 0.398. The molecule has 4 N–H and O–H groups in total. The van der Waals surface area contributed by atoms with Crippen LogP contribution in [0.2, 0.25) is 10.0 Å². The van der Waals surface area contributed by atoms with Crippen LogP contribution in [0.1, 0.15) is 0 Å². The molecule has 0 aliphatic rings. The fourth-order valence-corrected chi connectivity index (χ4v) is 2.83. The lowest BCUT2D eigenvalue weighted by Crippen LogP contribution is -2.03. The smallest absolute Gasteiger partial charge is 0.241 e. The lowest BCUT2D eigenvalue weighted by Gasteiger charge is -2.11. The number of nitrogens with two attached hydrogens (primary N) is 2. The second kappa shape index (κ2) is 5.94. The van der Waals surface area contributed by atoms with Gasteiger partial charge in [0, 0.05) is 23.4 Å². The molecule has 0 bridgehead atoms. The third-order valence-electron chi connectivity index (χ3n) is 3.15. The Labute approximate surface area is 141 Å². The molecule has 0 spiro atoms. The molecule has 2 heterocycles. The van der Waals surface area contributed by atoms with Crippen LogP contribution in [-0.4, -0.2) is 26.9 Å². The van der Waals surface area contributed by atoms with Crippen molar-refractivity contribution >= 4 is 35.1 Å². The molecule has 0 amide bonds. The standard InChI is InChI=1S/C14H12Cl2N6O/c1-23-11-3-2-7(6-19-11)12-9(15)4-8(5-10(12)16)22-14(18)20-13(17)21-22/h2-6H,1H3,(H4,17,18,20,21). The average molecular weight is 351 g/mol. The zero-order valence-corrected chi connectivity index (χ0v) is 13.5. The van der Waals surface area contributed by atoms with Gasteiger partial charge in [-0.1, -0.05) is 23.2 Å². The highest BCUT2D eigenvalue weighted by Crippen LogP contribution is 2.37. The molecule has 3 rings (SSSR count). The van der Waals surface area contributed by atoms with Crippen molar-refractivity contribution in [1.82, 2.24) is 19.7 Å². The molecule has 7 nitrogen and oxygen atoms in total. The number of hydrogen-bond acceptors (Lipinski definition) is 6. The van der Waals surface area contributed by atoms with Gasteiger partial charge in [-0.2, -0.15) is 9.67 Å². The molecule has 2 aromatic heterocycles. The van der Waals surface area contributed by atoms with Gasteiger partial charge >= 0.3 is 0 Å². The van der Waals surface area contributed by atoms with E-state index in [0.29, 0.717) is 27.2 Å². The molecule has 1 aromatic carbocycles. The van der Waals surface area contributed by atoms with Crippen LogP contribution in [0.15, 0.2) is 30.5 Å². The monoisotopic (exact) mass is 350 g/mol. The van der Waals surface area contributed by atoms with Crippen LogP contribution in [0.5, 0.6) is 5.88 Å². The number of nitrogen functional groups attached to an aromatic ring is 2. The van der Waals surface area contributed by atoms with Crippen molar-refractivity contribution < 1.29 is 4.74 Å². The number of pyridine rings is 1. The van der Waals surface area contributed by atoms with Gasteiger partial charge in [0.1, 0.15) is 0 Å². The molecule has 0 saturated heterocycles. The maximum absolute atomic E-state index is 6.37. The number of benzene rings is 1. The first-order valence-electron chi connectivity index (χ1n) is 6.47. The van der Waals surface area contributed by atoms with Crippen LogP contribution in [0, 0.1) is 0 Å². The van der Waals surface area contributed by atoms with Gasteiger partial charge in [-0.15, -0.1) is 5.10 Å². The Hall–Kier alpha value is -2.51. The van der Waals surface area contributed by atoms with Crippen molar-refractivity contribution in [2.24, 2.45) is 0 Å². The summed E-state index contributed by atoms with van der Waals surface area (Å²) in [6.45, 7) is 0. The van der Waals surface area contributed by atoms with E-state index in [1.54, 1.807) is 31.5 Å². The Bertz CT molecular complexity index is 839. The van der Waals surface area contributed by atoms with Crippen LogP contribution in [0.25, 0.3) is 16.8 Å². The first kappa shape index (κ1) is 15.4. The van der Waals surface area contributed by atoms with E-state index in [9.17, 15) is 0 Å². The van der Waals surface area contributed by atoms with E-state index < -0.39 is 0 Å². The van der Waals surface area contributed by atoms with Gasteiger partial charge in [0.2, 0.25) is 17.8 Å². The minimum absolute atomic E-state index is 0.0678. The minimum atomic E-state index is 0.0678. The number of hydrogen-bond donors (Lipinski definition) is 2. The summed E-state index contributed by atoms with van der Waals surface area (Å²) in [4.78, 5) is 7.99. The van der Waals surface area contributed by atoms with E-state index in [1.807, 2.05) is 6.07 Å². The molecule has 0 aliphatic heterocycles. The molecular weight excluding hydrogens is 339 g/mol. The van der Waals surface area contributed by atoms with E-state index in [-0.39, 0.29) is 11.9 Å². The summed E-state index contributed by atoms with van der Waals surface area (Å²) in [7, 11) is 1.55. The number of methoxy groups -OCH3 is 1. The van der Waals surface area contributed by atoms with E-state index in [1.165, 1.54) is 4.68 Å². The first-order chi connectivity index (χ1) is 11.0. The molecule has 0 atom stereocenters. The molecule has 0 aliphatic carbocycles. The Morgan fingerprint density at radius 1 is 1.13 bits per heavy atom. The number of ether oxygens (including phenoxy) is 1. The van der Waals surface area contributed by atoms with Crippen LogP contribution >= 0.6 is 23.2 Å². The second-order valence-corrected chi connectivity index (χ2v) is 5.43. The third-order valence-corrected chi connectivity index (χ3v) is 3.75. The Morgan fingerprint density at radius 2 is 1.83 bits per heavy atom. The first-order valence-corrected chi connectivity index (χ1v) is 7.23. The molecule has 118 valence electrons. The Kier molecular flexibility index (Phi) is 3.97. The van der Waals surface area contributed by atoms with Crippen molar-refractivity contribution in [3.8, 4) is 22.7 Å². The van der Waals surface area contributed by atoms with Crippen molar-refractivity contribution in [1.29, 1.82) is 0 Å². The number of halogens is 2. The van der Waals surface area contributed by atoms with Crippen molar-refractivity contribution in [3.05, 3.63) is 40.5 Å². The number of anilines is 2. The van der Waals surface area contributed by atoms with E-state index in [4.69, 9.17) is 39.4 Å². The van der Waals surface area contributed by atoms with Gasteiger partial charge in [0.25, 0.3) is 0 Å². The topological polar surface area (TPSA) is 105 Å². The zero-order valence-electron chi connectivity index (χ0n) is 12.0. The highest BCUT2D eigenvalue weighted by molar-refractivity contribution is 6.39. The van der Waals surface area contributed by atoms with E-state index in [0.717, 1.165) is 5.56 Å². The van der Waals surface area contributed by atoms with Crippen LogP contribution < -0.4 is 16.2 Å². The number of aromatic nitrogens is 4. The summed E-state index contributed by atoms with van der Waals surface area (Å²) < 4.78 is 6.40. The number of nitrogens with zero attached hydrogens (tertiary/aromatic N) is 4. The second-order valence-electron chi connectivity index (χ2n) is 4.61. The zero-order chi connectivity index (χ0) is 16.6. The predicted molar refractivity (Wildman–Crippen MR) is 90.0 cm³/mol. The summed E-state index contributed by atoms with van der Waals surface area (Å²) in [6, 6.07) is 6.90. The van der Waals surface area contributed by atoms with Crippen molar-refractivity contribution in [2.75, 3.05) is 18.6 Å². The maximum Gasteiger partial charge on any atom is 0.241 e. The molecule has 0 radical (unpaired) electrons. The molecule has 23 heavy (non-hydrogen) atoms. The fraction of sp³-hybridized carbons (Fsp3) is 0.0714. The maximum atomic E-state index is 6.37. The molecule has 9 heteroatoms. The van der Waals surface area contributed by atoms with Gasteiger partial charge in [-0.25, -0.2) is 4.98 Å². The SMILES string of the molecule is COc1ccc(-c2c(Cl)cc(-n3nc(N)nc3N)cc2Cl)cn1. The third kappa shape index (κ3) is 2.88. The molecule has 0 unspecified atom stereocenters. The van der Waals surface area contributed by atoms with Gasteiger partial charge in [-0.05, 0) is 18.2 Å². The Morgan fingerprint density at radius 3 is 2.30 bits per heavy atom. The highest BCUT2D eigenvalue weighted by atomic mass is 35.5.